The largest absolute Gasteiger partial charge is 0.379 e. The van der Waals surface area contributed by atoms with Crippen molar-refractivity contribution >= 4 is 40.4 Å². The lowest BCUT2D eigenvalue weighted by atomic mass is 10.2. The minimum atomic E-state index is -3.29. The molecule has 0 aromatic heterocycles. The molecule has 1 aromatic carbocycles. The fourth-order valence-corrected chi connectivity index (χ4v) is 9.45. The maximum atomic E-state index is 12.7. The summed E-state index contributed by atoms with van der Waals surface area (Å²) in [5.74, 6) is 0.499. The van der Waals surface area contributed by atoms with Gasteiger partial charge in [0.25, 0.3) is 0 Å². The SMILES string of the molecule is Cc1ccc(S(=O)(=O)[SH](C)CCOCCOCCOC(C)(CCOCCOCCNC(C)C)SSC(C)(C)C)cc1. The minimum Gasteiger partial charge on any atom is -0.379 e. The van der Waals surface area contributed by atoms with Gasteiger partial charge in [-0.25, -0.2) is 8.42 Å². The average Bonchev–Trinajstić information content (AvgIpc) is 2.89. The number of benzene rings is 1. The van der Waals surface area contributed by atoms with Crippen LogP contribution in [0.1, 0.15) is 53.5 Å². The lowest BCUT2D eigenvalue weighted by Gasteiger charge is -2.31. The summed E-state index contributed by atoms with van der Waals surface area (Å²) in [6, 6.07) is 7.49. The van der Waals surface area contributed by atoms with E-state index in [0.29, 0.717) is 76.2 Å². The monoisotopic (exact) mass is 657 g/mol. The number of aryl methyl sites for hydroxylation is 1. The van der Waals surface area contributed by atoms with Gasteiger partial charge in [0.2, 0.25) is 8.87 Å². The van der Waals surface area contributed by atoms with Crippen molar-refractivity contribution in [1.29, 1.82) is 0 Å². The van der Waals surface area contributed by atoms with Crippen molar-refractivity contribution in [2.24, 2.45) is 0 Å². The second-order valence-electron chi connectivity index (χ2n) is 11.2. The predicted octanol–water partition coefficient (Wildman–Crippen LogP) is 5.68. The third-order valence-electron chi connectivity index (χ3n) is 5.63. The lowest BCUT2D eigenvalue weighted by molar-refractivity contribution is -0.0325. The number of hydrogen-bond donors (Lipinski definition) is 2. The van der Waals surface area contributed by atoms with E-state index in [0.717, 1.165) is 18.5 Å². The Hall–Kier alpha value is -0.0200. The topological polar surface area (TPSA) is 92.3 Å². The molecule has 0 saturated carbocycles. The normalized spacial score (nSPS) is 15.3. The van der Waals surface area contributed by atoms with Crippen molar-refractivity contribution in [2.45, 2.75) is 75.5 Å². The van der Waals surface area contributed by atoms with Gasteiger partial charge in [0.15, 0.2) is 0 Å². The molecule has 0 spiro atoms. The molecule has 0 saturated heterocycles. The Kier molecular flexibility index (Phi) is 19.8. The Morgan fingerprint density at radius 3 is 1.93 bits per heavy atom. The highest BCUT2D eigenvalue weighted by molar-refractivity contribution is 8.80. The first-order valence-corrected chi connectivity index (χ1v) is 20.5. The van der Waals surface area contributed by atoms with Crippen molar-refractivity contribution in [3.63, 3.8) is 0 Å². The van der Waals surface area contributed by atoms with E-state index in [4.69, 9.17) is 23.7 Å². The standard InChI is InChI=1S/C29H55NO7S4/c1-25(2)30-14-16-34-18-17-33-15-13-29(7,39-38-28(4,5)6)37-22-21-35-19-20-36-23-24-40(8)41(31,32)27-11-9-26(3)10-12-27/h9-12,25,30,40H,13-24H2,1-8H3. The maximum absolute atomic E-state index is 12.7. The molecule has 2 atom stereocenters. The zero-order valence-corrected chi connectivity index (χ0v) is 29.7. The van der Waals surface area contributed by atoms with E-state index in [1.165, 1.54) is 0 Å². The molecule has 0 aliphatic rings. The summed E-state index contributed by atoms with van der Waals surface area (Å²) in [6.45, 7) is 20.3. The Morgan fingerprint density at radius 2 is 1.34 bits per heavy atom. The van der Waals surface area contributed by atoms with Gasteiger partial charge in [0.1, 0.15) is 4.93 Å². The number of ether oxygens (including phenoxy) is 5. The van der Waals surface area contributed by atoms with Gasteiger partial charge in [-0.2, -0.15) is 0 Å². The first-order valence-electron chi connectivity index (χ1n) is 14.3. The molecule has 1 rings (SSSR count). The summed E-state index contributed by atoms with van der Waals surface area (Å²) in [4.78, 5) is -0.0156. The summed E-state index contributed by atoms with van der Waals surface area (Å²) in [6.07, 6.45) is 2.55. The molecule has 0 amide bonds. The van der Waals surface area contributed by atoms with Gasteiger partial charge in [0, 0.05) is 29.5 Å². The maximum Gasteiger partial charge on any atom is 0.210 e. The van der Waals surface area contributed by atoms with Gasteiger partial charge in [0.05, 0.1) is 64.4 Å². The molecule has 0 aliphatic carbocycles. The molecule has 2 unspecified atom stereocenters. The smallest absolute Gasteiger partial charge is 0.210 e. The van der Waals surface area contributed by atoms with Crippen LogP contribution in [0.5, 0.6) is 0 Å². The van der Waals surface area contributed by atoms with Crippen LogP contribution < -0.4 is 5.32 Å². The predicted molar refractivity (Wildman–Crippen MR) is 178 cm³/mol. The van der Waals surface area contributed by atoms with Crippen LogP contribution in [0, 0.1) is 6.92 Å². The molecule has 0 fully saturated rings. The van der Waals surface area contributed by atoms with Crippen molar-refractivity contribution in [1.82, 2.24) is 5.32 Å². The Bertz CT molecular complexity index is 911. The van der Waals surface area contributed by atoms with Crippen molar-refractivity contribution < 1.29 is 32.1 Å². The zero-order chi connectivity index (χ0) is 30.8. The molecule has 1 N–H and O–H groups in total. The molecule has 0 bridgehead atoms. The molecule has 0 aliphatic heterocycles. The Labute approximate surface area is 260 Å². The highest BCUT2D eigenvalue weighted by Gasteiger charge is 2.29. The Morgan fingerprint density at radius 1 is 0.805 bits per heavy atom. The molecular formula is C29H55NO7S4. The highest BCUT2D eigenvalue weighted by atomic mass is 33.2. The molecule has 1 aromatic rings. The Balaban J connectivity index is 2.24. The summed E-state index contributed by atoms with van der Waals surface area (Å²) < 4.78 is 54.6. The third kappa shape index (κ3) is 19.1. The summed E-state index contributed by atoms with van der Waals surface area (Å²) in [7, 11) is -0.971. The highest BCUT2D eigenvalue weighted by Crippen LogP contribution is 2.45. The molecule has 242 valence electrons. The lowest BCUT2D eigenvalue weighted by Crippen LogP contribution is -2.29. The average molecular weight is 658 g/mol. The van der Waals surface area contributed by atoms with Crippen molar-refractivity contribution in [3.05, 3.63) is 29.8 Å². The zero-order valence-electron chi connectivity index (χ0n) is 26.4. The van der Waals surface area contributed by atoms with E-state index in [-0.39, 0.29) is 4.75 Å². The van der Waals surface area contributed by atoms with Crippen molar-refractivity contribution in [2.75, 3.05) is 78.0 Å². The van der Waals surface area contributed by atoms with Crippen LogP contribution in [0.4, 0.5) is 0 Å². The van der Waals surface area contributed by atoms with Crippen molar-refractivity contribution in [3.8, 4) is 0 Å². The third-order valence-corrected chi connectivity index (χ3v) is 15.8. The van der Waals surface area contributed by atoms with Crippen LogP contribution in [0.3, 0.4) is 0 Å². The van der Waals surface area contributed by atoms with E-state index in [1.807, 2.05) is 19.1 Å². The van der Waals surface area contributed by atoms with Gasteiger partial charge >= 0.3 is 0 Å². The summed E-state index contributed by atoms with van der Waals surface area (Å²) in [5, 5.41) is 3.33. The van der Waals surface area contributed by atoms with Crippen LogP contribution >= 0.6 is 31.5 Å². The first kappa shape index (κ1) is 39.0. The minimum absolute atomic E-state index is 0.111. The fourth-order valence-electron chi connectivity index (χ4n) is 3.19. The molecule has 8 nitrogen and oxygen atoms in total. The summed E-state index contributed by atoms with van der Waals surface area (Å²) in [5.41, 5.74) is 1.04. The molecular weight excluding hydrogens is 603 g/mol. The first-order chi connectivity index (χ1) is 19.3. The second kappa shape index (κ2) is 20.8. The second-order valence-corrected chi connectivity index (χ2v) is 21.1. The van der Waals surface area contributed by atoms with Gasteiger partial charge in [-0.15, -0.1) is 9.93 Å². The van der Waals surface area contributed by atoms with Crippen LogP contribution in [0.25, 0.3) is 0 Å². The van der Waals surface area contributed by atoms with Gasteiger partial charge < -0.3 is 29.0 Å². The fraction of sp³-hybridized carbons (Fsp3) is 0.793. The summed E-state index contributed by atoms with van der Waals surface area (Å²) >= 11 is 0. The number of hydrogen-bond acceptors (Lipinski definition) is 10. The van der Waals surface area contributed by atoms with E-state index in [2.05, 4.69) is 46.9 Å². The number of rotatable bonds is 24. The molecule has 41 heavy (non-hydrogen) atoms. The number of thiol groups is 1. The quantitative estimate of drug-likeness (QED) is 0.0626. The van der Waals surface area contributed by atoms with Crippen LogP contribution in [0.15, 0.2) is 29.2 Å². The van der Waals surface area contributed by atoms with Gasteiger partial charge in [-0.3, -0.25) is 0 Å². The molecule has 0 heterocycles. The van der Waals surface area contributed by atoms with Crippen LogP contribution in [-0.4, -0.2) is 102 Å². The van der Waals surface area contributed by atoms with Crippen LogP contribution in [0.2, 0.25) is 0 Å². The van der Waals surface area contributed by atoms with E-state index >= 15 is 0 Å². The van der Waals surface area contributed by atoms with E-state index in [9.17, 15) is 8.42 Å². The van der Waals surface area contributed by atoms with Crippen LogP contribution in [-0.2, 0) is 32.6 Å². The molecule has 0 radical (unpaired) electrons. The van der Waals surface area contributed by atoms with E-state index < -0.39 is 23.7 Å². The number of nitrogens with one attached hydrogen (secondary N) is 1. The molecule has 12 heteroatoms. The van der Waals surface area contributed by atoms with Gasteiger partial charge in [-0.1, -0.05) is 73.9 Å². The van der Waals surface area contributed by atoms with Gasteiger partial charge in [-0.05, 0) is 32.2 Å². The van der Waals surface area contributed by atoms with E-state index in [1.54, 1.807) is 40.0 Å².